The number of carbonyl (C=O) groups excluding carboxylic acids is 2. The fourth-order valence-electron chi connectivity index (χ4n) is 3.70. The average Bonchev–Trinajstić information content (AvgIpc) is 2.78. The van der Waals surface area contributed by atoms with E-state index in [1.54, 1.807) is 37.4 Å². The number of amides is 2. The number of nitrogens with zero attached hydrogens (tertiary/aromatic N) is 2. The second-order valence-electron chi connectivity index (χ2n) is 7.68. The SMILES string of the molecule is Cc1ccc(-c2ccn[nH]c2=O)cc1NC(=O)C1=CN(C)C(=O)C[C@H]1c1ccc(F)cc1. The summed E-state index contributed by atoms with van der Waals surface area (Å²) in [7, 11) is 1.60. The van der Waals surface area contributed by atoms with Gasteiger partial charge in [-0.1, -0.05) is 24.3 Å². The molecule has 162 valence electrons. The van der Waals surface area contributed by atoms with Crippen LogP contribution in [0.1, 0.15) is 23.5 Å². The van der Waals surface area contributed by atoms with Crippen molar-refractivity contribution in [3.8, 4) is 11.1 Å². The lowest BCUT2D eigenvalue weighted by Crippen LogP contribution is -2.33. The van der Waals surface area contributed by atoms with Crippen LogP contribution >= 0.6 is 0 Å². The third kappa shape index (κ3) is 4.20. The van der Waals surface area contributed by atoms with Crippen molar-refractivity contribution < 1.29 is 14.0 Å². The van der Waals surface area contributed by atoms with Crippen LogP contribution in [0.3, 0.4) is 0 Å². The van der Waals surface area contributed by atoms with Gasteiger partial charge in [-0.3, -0.25) is 14.4 Å². The van der Waals surface area contributed by atoms with Gasteiger partial charge in [0.05, 0.1) is 5.56 Å². The van der Waals surface area contributed by atoms with E-state index in [0.717, 1.165) is 5.56 Å². The van der Waals surface area contributed by atoms with E-state index in [1.165, 1.54) is 29.4 Å². The van der Waals surface area contributed by atoms with E-state index in [1.807, 2.05) is 13.0 Å². The summed E-state index contributed by atoms with van der Waals surface area (Å²) >= 11 is 0. The van der Waals surface area contributed by atoms with Crippen LogP contribution in [0.4, 0.5) is 10.1 Å². The molecule has 4 rings (SSSR count). The predicted molar refractivity (Wildman–Crippen MR) is 118 cm³/mol. The molecule has 0 spiro atoms. The van der Waals surface area contributed by atoms with Crippen LogP contribution < -0.4 is 10.9 Å². The molecule has 1 aromatic heterocycles. The number of H-pyrrole nitrogens is 1. The lowest BCUT2D eigenvalue weighted by atomic mass is 9.85. The lowest BCUT2D eigenvalue weighted by Gasteiger charge is -2.28. The van der Waals surface area contributed by atoms with Crippen molar-refractivity contribution in [2.24, 2.45) is 0 Å². The van der Waals surface area contributed by atoms with Gasteiger partial charge in [-0.2, -0.15) is 5.10 Å². The van der Waals surface area contributed by atoms with Crippen LogP contribution in [0, 0.1) is 12.7 Å². The van der Waals surface area contributed by atoms with Gasteiger partial charge in [0.15, 0.2) is 0 Å². The molecule has 0 fully saturated rings. The van der Waals surface area contributed by atoms with E-state index < -0.39 is 5.92 Å². The standard InChI is InChI=1S/C24H21FN4O3/c1-14-3-4-16(18-9-10-26-28-24(18)32)11-21(14)27-23(31)20-13-29(2)22(30)12-19(20)15-5-7-17(25)8-6-15/h3-11,13,19H,12H2,1-2H3,(H,27,31)(H,28,32)/t19-/m0/s1. The third-order valence-electron chi connectivity index (χ3n) is 5.54. The molecule has 0 saturated heterocycles. The molecule has 0 unspecified atom stereocenters. The highest BCUT2D eigenvalue weighted by Gasteiger charge is 2.31. The first kappa shape index (κ1) is 21.2. The van der Waals surface area contributed by atoms with Crippen LogP contribution in [0.25, 0.3) is 11.1 Å². The molecule has 32 heavy (non-hydrogen) atoms. The summed E-state index contributed by atoms with van der Waals surface area (Å²) in [4.78, 5) is 39.0. The van der Waals surface area contributed by atoms with Gasteiger partial charge in [0.25, 0.3) is 11.5 Å². The molecule has 1 atom stereocenters. The Kier molecular flexibility index (Phi) is 5.68. The highest BCUT2D eigenvalue weighted by Crippen LogP contribution is 2.34. The third-order valence-corrected chi connectivity index (χ3v) is 5.54. The minimum atomic E-state index is -0.495. The Hall–Kier alpha value is -4.07. The van der Waals surface area contributed by atoms with Crippen molar-refractivity contribution >= 4 is 17.5 Å². The van der Waals surface area contributed by atoms with E-state index in [0.29, 0.717) is 28.0 Å². The number of nitrogens with one attached hydrogen (secondary N) is 2. The van der Waals surface area contributed by atoms with Crippen LogP contribution in [0.5, 0.6) is 0 Å². The molecule has 2 amide bonds. The van der Waals surface area contributed by atoms with Crippen LogP contribution in [0.15, 0.2) is 71.3 Å². The highest BCUT2D eigenvalue weighted by atomic mass is 19.1. The Morgan fingerprint density at radius 3 is 2.62 bits per heavy atom. The highest BCUT2D eigenvalue weighted by molar-refractivity contribution is 6.07. The van der Waals surface area contributed by atoms with Gasteiger partial charge in [-0.05, 0) is 47.9 Å². The summed E-state index contributed by atoms with van der Waals surface area (Å²) in [6, 6.07) is 12.7. The molecule has 2 heterocycles. The van der Waals surface area contributed by atoms with Gasteiger partial charge in [0.2, 0.25) is 5.91 Å². The number of carbonyl (C=O) groups is 2. The Balaban J connectivity index is 1.67. The predicted octanol–water partition coefficient (Wildman–Crippen LogP) is 3.35. The van der Waals surface area contributed by atoms with E-state index in [4.69, 9.17) is 0 Å². The van der Waals surface area contributed by atoms with Gasteiger partial charge >= 0.3 is 0 Å². The zero-order valence-corrected chi connectivity index (χ0v) is 17.6. The largest absolute Gasteiger partial charge is 0.322 e. The van der Waals surface area contributed by atoms with Crippen molar-refractivity contribution in [3.63, 3.8) is 0 Å². The molecule has 0 aliphatic carbocycles. The van der Waals surface area contributed by atoms with E-state index in [-0.39, 0.29) is 29.6 Å². The van der Waals surface area contributed by atoms with E-state index in [9.17, 15) is 18.8 Å². The van der Waals surface area contributed by atoms with Crippen molar-refractivity contribution in [1.29, 1.82) is 0 Å². The van der Waals surface area contributed by atoms with Gasteiger partial charge in [0, 0.05) is 43.0 Å². The number of anilines is 1. The molecular formula is C24H21FN4O3. The monoisotopic (exact) mass is 432 g/mol. The Morgan fingerprint density at radius 1 is 1.16 bits per heavy atom. The average molecular weight is 432 g/mol. The van der Waals surface area contributed by atoms with Crippen molar-refractivity contribution in [1.82, 2.24) is 15.1 Å². The second-order valence-corrected chi connectivity index (χ2v) is 7.68. The molecule has 2 N–H and O–H groups in total. The number of halogens is 1. The van der Waals surface area contributed by atoms with Crippen LogP contribution in [-0.4, -0.2) is 34.0 Å². The van der Waals surface area contributed by atoms with E-state index >= 15 is 0 Å². The minimum absolute atomic E-state index is 0.104. The number of aryl methyl sites for hydroxylation is 1. The fraction of sp³-hybridized carbons (Fsp3) is 0.167. The number of hydrogen-bond acceptors (Lipinski definition) is 4. The molecule has 3 aromatic rings. The Bertz CT molecular complexity index is 1280. The lowest BCUT2D eigenvalue weighted by molar-refractivity contribution is -0.128. The van der Waals surface area contributed by atoms with Crippen LogP contribution in [-0.2, 0) is 9.59 Å². The summed E-state index contributed by atoms with van der Waals surface area (Å²) in [5.41, 5.74) is 3.17. The number of benzene rings is 2. The minimum Gasteiger partial charge on any atom is -0.322 e. The first-order chi connectivity index (χ1) is 15.3. The van der Waals surface area contributed by atoms with Gasteiger partial charge in [-0.15, -0.1) is 0 Å². The summed E-state index contributed by atoms with van der Waals surface area (Å²) in [5.74, 6) is -1.39. The number of aromatic amines is 1. The molecule has 1 aliphatic heterocycles. The number of rotatable bonds is 4. The normalized spacial score (nSPS) is 16.0. The zero-order valence-electron chi connectivity index (χ0n) is 17.6. The van der Waals surface area contributed by atoms with Crippen molar-refractivity contribution in [2.45, 2.75) is 19.3 Å². The molecule has 1 aliphatic rings. The Labute approximate surface area is 183 Å². The van der Waals surface area contributed by atoms with Gasteiger partial charge in [-0.25, -0.2) is 9.49 Å². The van der Waals surface area contributed by atoms with Crippen molar-refractivity contribution in [3.05, 3.63) is 93.8 Å². The fourth-order valence-corrected chi connectivity index (χ4v) is 3.70. The topological polar surface area (TPSA) is 95.2 Å². The van der Waals surface area contributed by atoms with Crippen LogP contribution in [0.2, 0.25) is 0 Å². The molecule has 0 saturated carbocycles. The summed E-state index contributed by atoms with van der Waals surface area (Å²) < 4.78 is 13.4. The first-order valence-electron chi connectivity index (χ1n) is 10.0. The maximum atomic E-state index is 13.4. The van der Waals surface area contributed by atoms with E-state index in [2.05, 4.69) is 15.5 Å². The molecule has 0 radical (unpaired) electrons. The molecule has 2 aromatic carbocycles. The number of aromatic nitrogens is 2. The summed E-state index contributed by atoms with van der Waals surface area (Å²) in [6.07, 6.45) is 3.11. The maximum absolute atomic E-state index is 13.4. The second kappa shape index (κ2) is 8.58. The molecule has 7 nitrogen and oxygen atoms in total. The maximum Gasteiger partial charge on any atom is 0.272 e. The molecule has 0 bridgehead atoms. The first-order valence-corrected chi connectivity index (χ1v) is 10.0. The van der Waals surface area contributed by atoms with Crippen molar-refractivity contribution in [2.75, 3.05) is 12.4 Å². The quantitative estimate of drug-likeness (QED) is 0.661. The summed E-state index contributed by atoms with van der Waals surface area (Å²) in [6.45, 7) is 1.85. The summed E-state index contributed by atoms with van der Waals surface area (Å²) in [5, 5.41) is 9.01. The smallest absolute Gasteiger partial charge is 0.272 e. The number of hydrogen-bond donors (Lipinski definition) is 2. The molecule has 8 heteroatoms. The Morgan fingerprint density at radius 2 is 1.91 bits per heavy atom. The van der Waals surface area contributed by atoms with Gasteiger partial charge in [0.1, 0.15) is 5.82 Å². The van der Waals surface area contributed by atoms with Gasteiger partial charge < -0.3 is 10.2 Å². The zero-order chi connectivity index (χ0) is 22.8. The molecular weight excluding hydrogens is 411 g/mol.